The Balaban J connectivity index is 0.00000529. The van der Waals surface area contributed by atoms with Gasteiger partial charge in [-0.15, -0.1) is 17.0 Å². The molecular formula is C38H51BrN2O3. The van der Waals surface area contributed by atoms with Crippen LogP contribution in [0.2, 0.25) is 0 Å². The maximum atomic E-state index is 13.5. The van der Waals surface area contributed by atoms with Crippen LogP contribution in [0.15, 0.2) is 57.9 Å². The highest BCUT2D eigenvalue weighted by Gasteiger charge is 2.23. The maximum absolute atomic E-state index is 13.5. The van der Waals surface area contributed by atoms with E-state index in [2.05, 4.69) is 56.2 Å². The zero-order valence-electron chi connectivity index (χ0n) is 27.4. The highest BCUT2D eigenvalue weighted by Crippen LogP contribution is 2.43. The molecule has 0 spiro atoms. The number of benzene rings is 3. The van der Waals surface area contributed by atoms with Gasteiger partial charge in [0.05, 0.1) is 17.5 Å². The van der Waals surface area contributed by atoms with Crippen molar-refractivity contribution in [1.29, 1.82) is 0 Å². The van der Waals surface area contributed by atoms with Crippen molar-refractivity contribution < 1.29 is 13.9 Å². The largest absolute Gasteiger partial charge is 0.462 e. The molecule has 44 heavy (non-hydrogen) atoms. The van der Waals surface area contributed by atoms with Crippen molar-refractivity contribution in [3.63, 3.8) is 0 Å². The fourth-order valence-corrected chi connectivity index (χ4v) is 5.91. The second-order valence-electron chi connectivity index (χ2n) is 11.6. The van der Waals surface area contributed by atoms with Gasteiger partial charge in [0, 0.05) is 47.4 Å². The number of hydrogen-bond donors (Lipinski definition) is 1. The van der Waals surface area contributed by atoms with Gasteiger partial charge in [-0.05, 0) is 69.0 Å². The van der Waals surface area contributed by atoms with E-state index in [9.17, 15) is 4.79 Å². The molecule has 0 saturated heterocycles. The molecule has 2 aromatic rings. The second kappa shape index (κ2) is 18.0. The fourth-order valence-electron chi connectivity index (χ4n) is 5.91. The Morgan fingerprint density at radius 1 is 0.818 bits per heavy atom. The van der Waals surface area contributed by atoms with Crippen molar-refractivity contribution in [3.05, 3.63) is 70.6 Å². The summed E-state index contributed by atoms with van der Waals surface area (Å²) >= 11 is 0. The molecule has 4 rings (SSSR count). The average Bonchev–Trinajstić information content (AvgIpc) is 3.00. The number of hydrogen-bond acceptors (Lipinski definition) is 5. The third-order valence-corrected chi connectivity index (χ3v) is 8.23. The Morgan fingerprint density at radius 3 is 2.18 bits per heavy atom. The van der Waals surface area contributed by atoms with Crippen LogP contribution in [-0.2, 0) is 4.74 Å². The third kappa shape index (κ3) is 8.97. The lowest BCUT2D eigenvalue weighted by Crippen LogP contribution is -2.11. The van der Waals surface area contributed by atoms with Crippen molar-refractivity contribution in [2.75, 3.05) is 25.0 Å². The number of esters is 1. The minimum Gasteiger partial charge on any atom is -0.462 e. The molecule has 0 radical (unpaired) electrons. The van der Waals surface area contributed by atoms with Crippen molar-refractivity contribution in [1.82, 2.24) is 0 Å². The van der Waals surface area contributed by atoms with Crippen LogP contribution in [-0.4, -0.2) is 25.7 Å². The van der Waals surface area contributed by atoms with Crippen molar-refractivity contribution >= 4 is 39.6 Å². The standard InChI is InChI=1S/C38H50N2O3.BrH/c1-6-9-10-11-12-13-14-15-16-19-22-42-38(41)30-21-18-17-20-29(30)37-31-23-27(4)33(39-7-2)25-35(31)43-36-26-34(40-8-3)28(5)24-32(36)37;/h17-18,20-21,23-26,39H,6-16,19,22H2,1-5H3;1H. The summed E-state index contributed by atoms with van der Waals surface area (Å²) in [5.41, 5.74) is 7.40. The average molecular weight is 664 g/mol. The molecule has 0 atom stereocenters. The molecule has 2 aliphatic rings. The zero-order valence-corrected chi connectivity index (χ0v) is 29.1. The second-order valence-corrected chi connectivity index (χ2v) is 11.6. The van der Waals surface area contributed by atoms with Crippen LogP contribution < -0.4 is 10.7 Å². The number of halogens is 1. The highest BCUT2D eigenvalue weighted by atomic mass is 79.9. The van der Waals surface area contributed by atoms with Gasteiger partial charge in [-0.1, -0.05) is 82.9 Å². The summed E-state index contributed by atoms with van der Waals surface area (Å²) in [7, 11) is 0. The first kappa shape index (κ1) is 35.4. The lowest BCUT2D eigenvalue weighted by molar-refractivity contribution is 0.0498. The quantitative estimate of drug-likeness (QED) is 0.0736. The number of rotatable bonds is 16. The summed E-state index contributed by atoms with van der Waals surface area (Å²) in [6, 6.07) is 16.2. The number of anilines is 1. The van der Waals surface area contributed by atoms with Gasteiger partial charge in [0.15, 0.2) is 0 Å². The molecule has 1 N–H and O–H groups in total. The van der Waals surface area contributed by atoms with Crippen molar-refractivity contribution in [2.45, 2.75) is 98.8 Å². The number of fused-ring (bicyclic) bond motifs is 2. The molecule has 1 aliphatic heterocycles. The molecule has 1 aliphatic carbocycles. The van der Waals surface area contributed by atoms with Gasteiger partial charge >= 0.3 is 5.97 Å². The maximum Gasteiger partial charge on any atom is 0.338 e. The minimum atomic E-state index is -0.274. The molecule has 6 heteroatoms. The van der Waals surface area contributed by atoms with E-state index in [0.717, 1.165) is 75.0 Å². The Bertz CT molecular complexity index is 1540. The normalized spacial score (nSPS) is 11.6. The van der Waals surface area contributed by atoms with E-state index in [-0.39, 0.29) is 23.0 Å². The summed E-state index contributed by atoms with van der Waals surface area (Å²) in [6.07, 6.45) is 12.5. The van der Waals surface area contributed by atoms with Crippen LogP contribution in [0.1, 0.15) is 106 Å². The molecule has 238 valence electrons. The monoisotopic (exact) mass is 662 g/mol. The lowest BCUT2D eigenvalue weighted by atomic mass is 9.89. The number of ether oxygens (including phenoxy) is 1. The Kier molecular flexibility index (Phi) is 14.5. The minimum absolute atomic E-state index is 0. The fraction of sp³-hybridized carbons (Fsp3) is 0.474. The first-order valence-electron chi connectivity index (χ1n) is 16.5. The molecule has 0 aromatic heterocycles. The number of nitrogens with one attached hydrogen (secondary N) is 1. The van der Waals surface area contributed by atoms with Crippen LogP contribution in [0.3, 0.4) is 0 Å². The van der Waals surface area contributed by atoms with E-state index in [4.69, 9.17) is 9.15 Å². The van der Waals surface area contributed by atoms with Crippen molar-refractivity contribution in [3.8, 4) is 22.5 Å². The predicted octanol–water partition coefficient (Wildman–Crippen LogP) is 10.8. The van der Waals surface area contributed by atoms with E-state index < -0.39 is 0 Å². The summed E-state index contributed by atoms with van der Waals surface area (Å²) in [5, 5.41) is 5.34. The highest BCUT2D eigenvalue weighted by molar-refractivity contribution is 8.93. The van der Waals surface area contributed by atoms with Crippen molar-refractivity contribution in [2.24, 2.45) is 4.99 Å². The van der Waals surface area contributed by atoms with E-state index >= 15 is 0 Å². The van der Waals surface area contributed by atoms with Crippen LogP contribution in [0, 0.1) is 13.8 Å². The molecular weight excluding hydrogens is 612 g/mol. The Labute approximate surface area is 274 Å². The first-order valence-corrected chi connectivity index (χ1v) is 16.5. The molecule has 1 heterocycles. The number of aryl methyl sites for hydroxylation is 2. The first-order chi connectivity index (χ1) is 21.0. The molecule has 0 unspecified atom stereocenters. The molecule has 0 amide bonds. The third-order valence-electron chi connectivity index (χ3n) is 8.23. The zero-order chi connectivity index (χ0) is 30.6. The lowest BCUT2D eigenvalue weighted by Gasteiger charge is -2.20. The smallest absolute Gasteiger partial charge is 0.338 e. The van der Waals surface area contributed by atoms with Gasteiger partial charge < -0.3 is 14.5 Å². The summed E-state index contributed by atoms with van der Waals surface area (Å²) in [6.45, 7) is 12.5. The van der Waals surface area contributed by atoms with Gasteiger partial charge in [-0.25, -0.2) is 4.79 Å². The summed E-state index contributed by atoms with van der Waals surface area (Å²) in [4.78, 5) is 18.2. The van der Waals surface area contributed by atoms with Gasteiger partial charge in [0.2, 0.25) is 0 Å². The number of nitrogens with zero attached hydrogens (tertiary/aromatic N) is 1. The van der Waals surface area contributed by atoms with Crippen LogP contribution in [0.4, 0.5) is 5.69 Å². The summed E-state index contributed by atoms with van der Waals surface area (Å²) in [5.74, 6) is 0.476. The molecule has 0 saturated carbocycles. The summed E-state index contributed by atoms with van der Waals surface area (Å²) < 4.78 is 12.4. The van der Waals surface area contributed by atoms with Crippen LogP contribution in [0.5, 0.6) is 0 Å². The molecule has 0 fully saturated rings. The number of carbonyl (C=O) groups excluding carboxylic acids is 1. The number of carbonyl (C=O) groups is 1. The van der Waals surface area contributed by atoms with Crippen LogP contribution in [0.25, 0.3) is 33.4 Å². The van der Waals surface area contributed by atoms with Crippen LogP contribution >= 0.6 is 17.0 Å². The van der Waals surface area contributed by atoms with E-state index in [0.29, 0.717) is 18.7 Å². The van der Waals surface area contributed by atoms with Gasteiger partial charge in [0.1, 0.15) is 11.3 Å². The molecule has 2 aromatic carbocycles. The number of unbranched alkanes of at least 4 members (excludes halogenated alkanes) is 9. The van der Waals surface area contributed by atoms with E-state index in [1.165, 1.54) is 51.4 Å². The predicted molar refractivity (Wildman–Crippen MR) is 190 cm³/mol. The van der Waals surface area contributed by atoms with Gasteiger partial charge in [-0.2, -0.15) is 0 Å². The molecule has 0 bridgehead atoms. The van der Waals surface area contributed by atoms with E-state index in [1.54, 1.807) is 0 Å². The van der Waals surface area contributed by atoms with E-state index in [1.807, 2.05) is 37.3 Å². The Hall–Kier alpha value is -3.12. The Morgan fingerprint density at radius 2 is 1.50 bits per heavy atom. The topological polar surface area (TPSA) is 63.8 Å². The SMILES string of the molecule is Br.CCCCCCCCCCCCOC(=O)c1ccccc1-c1c2cc(C)c(=NCC)cc-2oc2cc(NCC)c(C)cc12. The molecule has 5 nitrogen and oxygen atoms in total. The van der Waals surface area contributed by atoms with Gasteiger partial charge in [0.25, 0.3) is 0 Å². The van der Waals surface area contributed by atoms with Gasteiger partial charge in [-0.3, -0.25) is 4.99 Å².